The minimum Gasteiger partial charge on any atom is -0.480 e. The molecule has 0 radical (unpaired) electrons. The maximum absolute atomic E-state index is 12.0. The Bertz CT molecular complexity index is 426. The van der Waals surface area contributed by atoms with E-state index in [4.69, 9.17) is 0 Å². The molecule has 0 bridgehead atoms. The van der Waals surface area contributed by atoms with E-state index in [9.17, 15) is 14.7 Å². The molecule has 3 N–H and O–H groups in total. The number of hydrogen-bond donors (Lipinski definition) is 3. The van der Waals surface area contributed by atoms with Crippen molar-refractivity contribution in [3.05, 3.63) is 0 Å². The van der Waals surface area contributed by atoms with Gasteiger partial charge in [-0.25, -0.2) is 9.59 Å². The zero-order valence-electron chi connectivity index (χ0n) is 13.0. The molecular formula is C15H26N2O3. The Hall–Kier alpha value is -1.26. The first-order valence-corrected chi connectivity index (χ1v) is 7.33. The molecule has 5 heteroatoms. The first-order chi connectivity index (χ1) is 9.03. The van der Waals surface area contributed by atoms with Crippen LogP contribution in [0.1, 0.15) is 47.5 Å². The van der Waals surface area contributed by atoms with E-state index in [0.717, 1.165) is 12.8 Å². The normalized spacial score (nSPS) is 26.4. The van der Waals surface area contributed by atoms with Gasteiger partial charge in [0.15, 0.2) is 0 Å². The lowest BCUT2D eigenvalue weighted by atomic mass is 9.96. The van der Waals surface area contributed by atoms with Gasteiger partial charge in [0, 0.05) is 6.54 Å². The number of carbonyl (C=O) groups excluding carboxylic acids is 1. The third-order valence-corrected chi connectivity index (χ3v) is 6.00. The fourth-order valence-corrected chi connectivity index (χ4v) is 3.31. The second-order valence-electron chi connectivity index (χ2n) is 7.61. The van der Waals surface area contributed by atoms with Gasteiger partial charge in [-0.1, -0.05) is 27.7 Å². The Morgan fingerprint density at radius 1 is 1.20 bits per heavy atom. The van der Waals surface area contributed by atoms with E-state index in [1.807, 2.05) is 0 Å². The highest BCUT2D eigenvalue weighted by Gasteiger charge is 2.64. The monoisotopic (exact) mass is 282 g/mol. The summed E-state index contributed by atoms with van der Waals surface area (Å²) in [4.78, 5) is 23.3. The molecule has 2 amide bonds. The van der Waals surface area contributed by atoms with Crippen molar-refractivity contribution in [1.82, 2.24) is 10.6 Å². The van der Waals surface area contributed by atoms with Crippen LogP contribution in [0.4, 0.5) is 4.79 Å². The van der Waals surface area contributed by atoms with E-state index in [1.54, 1.807) is 6.92 Å². The van der Waals surface area contributed by atoms with Crippen LogP contribution in [0.3, 0.4) is 0 Å². The van der Waals surface area contributed by atoms with Gasteiger partial charge in [0.1, 0.15) is 5.54 Å². The van der Waals surface area contributed by atoms with Crippen molar-refractivity contribution in [3.63, 3.8) is 0 Å². The van der Waals surface area contributed by atoms with E-state index in [-0.39, 0.29) is 22.8 Å². The van der Waals surface area contributed by atoms with Crippen LogP contribution < -0.4 is 10.6 Å². The molecule has 2 rings (SSSR count). The smallest absolute Gasteiger partial charge is 0.329 e. The molecule has 0 heterocycles. The van der Waals surface area contributed by atoms with Crippen LogP contribution >= 0.6 is 0 Å². The van der Waals surface area contributed by atoms with Crippen molar-refractivity contribution < 1.29 is 14.7 Å². The predicted molar refractivity (Wildman–Crippen MR) is 76.4 cm³/mol. The second kappa shape index (κ2) is 4.37. The highest BCUT2D eigenvalue weighted by Crippen LogP contribution is 2.67. The number of rotatable bonds is 5. The first-order valence-electron chi connectivity index (χ1n) is 7.33. The average molecular weight is 282 g/mol. The van der Waals surface area contributed by atoms with E-state index in [2.05, 4.69) is 38.3 Å². The van der Waals surface area contributed by atoms with E-state index >= 15 is 0 Å². The summed E-state index contributed by atoms with van der Waals surface area (Å²) in [5, 5.41) is 14.8. The van der Waals surface area contributed by atoms with Gasteiger partial charge >= 0.3 is 12.0 Å². The Balaban J connectivity index is 1.86. The van der Waals surface area contributed by atoms with Crippen LogP contribution in [-0.2, 0) is 4.79 Å². The largest absolute Gasteiger partial charge is 0.480 e. The van der Waals surface area contributed by atoms with Gasteiger partial charge in [0.05, 0.1) is 0 Å². The lowest BCUT2D eigenvalue weighted by Gasteiger charge is -2.26. The van der Waals surface area contributed by atoms with Crippen molar-refractivity contribution in [2.45, 2.75) is 53.0 Å². The number of carbonyl (C=O) groups is 2. The topological polar surface area (TPSA) is 78.4 Å². The fraction of sp³-hybridized carbons (Fsp3) is 0.867. The molecule has 1 unspecified atom stereocenters. The van der Waals surface area contributed by atoms with Crippen LogP contribution in [-0.4, -0.2) is 29.2 Å². The third kappa shape index (κ3) is 2.27. The molecule has 2 saturated carbocycles. The zero-order chi connectivity index (χ0) is 15.3. The summed E-state index contributed by atoms with van der Waals surface area (Å²) < 4.78 is 0. The Morgan fingerprint density at radius 2 is 1.70 bits per heavy atom. The molecule has 0 aromatic rings. The van der Waals surface area contributed by atoms with Crippen LogP contribution in [0.25, 0.3) is 0 Å². The Kier molecular flexibility index (Phi) is 3.30. The molecule has 2 aliphatic rings. The first kappa shape index (κ1) is 15.1. The van der Waals surface area contributed by atoms with Crippen LogP contribution in [0.15, 0.2) is 0 Å². The summed E-state index contributed by atoms with van der Waals surface area (Å²) >= 11 is 0. The number of urea groups is 1. The summed E-state index contributed by atoms with van der Waals surface area (Å²) in [6.45, 7) is 11.0. The maximum atomic E-state index is 12.0. The van der Waals surface area contributed by atoms with Gasteiger partial charge in [-0.3, -0.25) is 0 Å². The van der Waals surface area contributed by atoms with Gasteiger partial charge in [0.25, 0.3) is 0 Å². The number of carboxylic acid groups (broad SMARTS) is 1. The predicted octanol–water partition coefficient (Wildman–Crippen LogP) is 2.22. The van der Waals surface area contributed by atoms with Crippen molar-refractivity contribution in [1.29, 1.82) is 0 Å². The number of nitrogens with one attached hydrogen (secondary N) is 2. The Morgan fingerprint density at radius 3 is 2.05 bits per heavy atom. The molecule has 2 aliphatic carbocycles. The lowest BCUT2D eigenvalue weighted by Crippen LogP contribution is -2.57. The molecule has 0 spiro atoms. The molecule has 2 fully saturated rings. The van der Waals surface area contributed by atoms with E-state index in [1.165, 1.54) is 0 Å². The summed E-state index contributed by atoms with van der Waals surface area (Å²) in [6, 6.07) is -0.375. The van der Waals surface area contributed by atoms with Crippen molar-refractivity contribution in [2.75, 3.05) is 6.54 Å². The minimum absolute atomic E-state index is 0.0551. The van der Waals surface area contributed by atoms with Crippen LogP contribution in [0.5, 0.6) is 0 Å². The third-order valence-electron chi connectivity index (χ3n) is 6.00. The van der Waals surface area contributed by atoms with Gasteiger partial charge in [0.2, 0.25) is 0 Å². The molecule has 114 valence electrons. The quantitative estimate of drug-likeness (QED) is 0.723. The zero-order valence-corrected chi connectivity index (χ0v) is 13.0. The standard InChI is InChI=1S/C15H26N2O3/c1-13(2)10(14(13,3)4)8-16-12(20)17-15(5,11(18)19)9-6-7-9/h9-10H,6-8H2,1-5H3,(H,18,19)(H2,16,17,20). The van der Waals surface area contributed by atoms with Gasteiger partial charge in [-0.05, 0) is 42.4 Å². The molecule has 0 aliphatic heterocycles. The van der Waals surface area contributed by atoms with E-state index in [0.29, 0.717) is 12.5 Å². The lowest BCUT2D eigenvalue weighted by molar-refractivity contribution is -0.144. The number of amides is 2. The van der Waals surface area contributed by atoms with Gasteiger partial charge in [-0.2, -0.15) is 0 Å². The van der Waals surface area contributed by atoms with Crippen molar-refractivity contribution >= 4 is 12.0 Å². The molecule has 5 nitrogen and oxygen atoms in total. The summed E-state index contributed by atoms with van der Waals surface area (Å²) in [5.74, 6) is -0.473. The average Bonchev–Trinajstić information content (AvgIpc) is 3.16. The van der Waals surface area contributed by atoms with Crippen LogP contribution in [0.2, 0.25) is 0 Å². The number of aliphatic carboxylic acids is 1. The number of hydrogen-bond acceptors (Lipinski definition) is 2. The summed E-state index contributed by atoms with van der Waals surface area (Å²) in [7, 11) is 0. The molecule has 0 aromatic heterocycles. The molecule has 0 saturated heterocycles. The van der Waals surface area contributed by atoms with Gasteiger partial charge in [-0.15, -0.1) is 0 Å². The van der Waals surface area contributed by atoms with Crippen molar-refractivity contribution in [3.8, 4) is 0 Å². The maximum Gasteiger partial charge on any atom is 0.329 e. The van der Waals surface area contributed by atoms with Gasteiger partial charge < -0.3 is 15.7 Å². The Labute approximate surface area is 120 Å². The van der Waals surface area contributed by atoms with E-state index < -0.39 is 11.5 Å². The minimum atomic E-state index is -1.14. The number of carboxylic acids is 1. The second-order valence-corrected chi connectivity index (χ2v) is 7.61. The highest BCUT2D eigenvalue weighted by atomic mass is 16.4. The van der Waals surface area contributed by atoms with Crippen LogP contribution in [0, 0.1) is 22.7 Å². The molecule has 1 atom stereocenters. The summed E-state index contributed by atoms with van der Waals surface area (Å²) in [5.41, 5.74) is -0.710. The molecular weight excluding hydrogens is 256 g/mol. The molecule has 20 heavy (non-hydrogen) atoms. The highest BCUT2D eigenvalue weighted by molar-refractivity contribution is 5.86. The SMILES string of the molecule is CC(NC(=O)NCC1C(C)(C)C1(C)C)(C(=O)O)C1CC1. The van der Waals surface area contributed by atoms with Crippen molar-refractivity contribution in [2.24, 2.45) is 22.7 Å². The summed E-state index contributed by atoms with van der Waals surface area (Å²) in [6.07, 6.45) is 1.73. The fourth-order valence-electron chi connectivity index (χ4n) is 3.31. The molecule has 0 aromatic carbocycles.